The molecule has 0 amide bonds. The van der Waals surface area contributed by atoms with Crippen molar-refractivity contribution < 1.29 is 4.42 Å². The third kappa shape index (κ3) is 2.23. The number of rotatable bonds is 4. The number of hydrogen-bond acceptors (Lipinski definition) is 5. The molecule has 0 aromatic carbocycles. The lowest BCUT2D eigenvalue weighted by Gasteiger charge is -2.08. The van der Waals surface area contributed by atoms with Crippen LogP contribution < -0.4 is 5.56 Å². The number of imidazole rings is 1. The van der Waals surface area contributed by atoms with Gasteiger partial charge in [0, 0.05) is 19.8 Å². The van der Waals surface area contributed by atoms with Crippen molar-refractivity contribution in [1.29, 1.82) is 0 Å². The first kappa shape index (κ1) is 14.4. The van der Waals surface area contributed by atoms with Gasteiger partial charge in [-0.1, -0.05) is 6.92 Å². The molecule has 0 saturated heterocycles. The van der Waals surface area contributed by atoms with E-state index in [9.17, 15) is 4.79 Å². The average molecular weight is 324 g/mol. The van der Waals surface area contributed by atoms with Crippen LogP contribution in [-0.2, 0) is 13.6 Å². The summed E-state index contributed by atoms with van der Waals surface area (Å²) in [5.74, 6) is 1.61. The molecule has 0 aliphatic heterocycles. The Morgan fingerprint density at radius 3 is 2.88 bits per heavy atom. The molecule has 0 fully saturated rings. The Morgan fingerprint density at radius 2 is 2.21 bits per heavy atom. The molecule has 0 bridgehead atoms. The lowest BCUT2D eigenvalue weighted by Crippen LogP contribution is -2.23. The fourth-order valence-corrected chi connectivity index (χ4v) is 2.69. The van der Waals surface area contributed by atoms with Gasteiger partial charge in [-0.05, 0) is 18.6 Å². The van der Waals surface area contributed by atoms with Crippen molar-refractivity contribution in [3.8, 4) is 23.0 Å². The lowest BCUT2D eigenvalue weighted by molar-refractivity contribution is 0.560. The van der Waals surface area contributed by atoms with E-state index in [2.05, 4.69) is 20.1 Å². The minimum absolute atomic E-state index is 0.157. The largest absolute Gasteiger partial charge is 0.461 e. The van der Waals surface area contributed by atoms with Crippen LogP contribution in [0.1, 0.15) is 13.3 Å². The Balaban J connectivity index is 1.96. The molecule has 4 aromatic heterocycles. The third-order valence-corrected chi connectivity index (χ3v) is 3.78. The number of furan rings is 1. The summed E-state index contributed by atoms with van der Waals surface area (Å²) in [5, 5.41) is 4.13. The van der Waals surface area contributed by atoms with Gasteiger partial charge < -0.3 is 9.40 Å². The van der Waals surface area contributed by atoms with Crippen LogP contribution in [0.25, 0.3) is 34.1 Å². The summed E-state index contributed by atoms with van der Waals surface area (Å²) in [6, 6.07) is 3.56. The van der Waals surface area contributed by atoms with Gasteiger partial charge >= 0.3 is 0 Å². The molecule has 1 N–H and O–H groups in total. The van der Waals surface area contributed by atoms with Crippen molar-refractivity contribution in [1.82, 2.24) is 29.3 Å². The first-order chi connectivity index (χ1) is 11.7. The van der Waals surface area contributed by atoms with Gasteiger partial charge in [0.2, 0.25) is 0 Å². The molecule has 0 unspecified atom stereocenters. The summed E-state index contributed by atoms with van der Waals surface area (Å²) < 4.78 is 8.73. The van der Waals surface area contributed by atoms with E-state index in [-0.39, 0.29) is 5.56 Å². The van der Waals surface area contributed by atoms with E-state index in [1.54, 1.807) is 33.8 Å². The fourth-order valence-electron chi connectivity index (χ4n) is 2.69. The van der Waals surface area contributed by atoms with Crippen molar-refractivity contribution in [2.75, 3.05) is 0 Å². The van der Waals surface area contributed by atoms with Crippen LogP contribution in [-0.4, -0.2) is 29.3 Å². The van der Waals surface area contributed by atoms with Crippen molar-refractivity contribution in [3.05, 3.63) is 41.1 Å². The Labute approximate surface area is 136 Å². The molecule has 0 atom stereocenters. The van der Waals surface area contributed by atoms with Gasteiger partial charge in [-0.25, -0.2) is 9.97 Å². The highest BCUT2D eigenvalue weighted by Crippen LogP contribution is 2.21. The quantitative estimate of drug-likeness (QED) is 0.621. The van der Waals surface area contributed by atoms with Crippen LogP contribution in [0, 0.1) is 0 Å². The van der Waals surface area contributed by atoms with E-state index < -0.39 is 0 Å². The Kier molecular flexibility index (Phi) is 3.30. The fraction of sp³-hybridized carbons (Fsp3) is 0.250. The second-order valence-corrected chi connectivity index (χ2v) is 5.56. The Morgan fingerprint density at radius 1 is 1.33 bits per heavy atom. The second kappa shape index (κ2) is 5.48. The summed E-state index contributed by atoms with van der Waals surface area (Å²) >= 11 is 0. The molecule has 8 heteroatoms. The van der Waals surface area contributed by atoms with Gasteiger partial charge in [-0.2, -0.15) is 5.10 Å². The molecule has 4 heterocycles. The monoisotopic (exact) mass is 324 g/mol. The zero-order valence-electron chi connectivity index (χ0n) is 13.4. The molecule has 0 radical (unpaired) electrons. The molecule has 8 nitrogen and oxygen atoms in total. The van der Waals surface area contributed by atoms with Crippen molar-refractivity contribution in [2.24, 2.45) is 7.05 Å². The first-order valence-electron chi connectivity index (χ1n) is 7.71. The Hall–Kier alpha value is -3.16. The summed E-state index contributed by atoms with van der Waals surface area (Å²) in [4.78, 5) is 25.0. The summed E-state index contributed by atoms with van der Waals surface area (Å²) in [5.41, 5.74) is 1.41. The van der Waals surface area contributed by atoms with Gasteiger partial charge in [0.05, 0.1) is 18.0 Å². The zero-order chi connectivity index (χ0) is 16.7. The minimum atomic E-state index is -0.157. The van der Waals surface area contributed by atoms with E-state index in [1.807, 2.05) is 20.2 Å². The molecule has 0 saturated carbocycles. The van der Waals surface area contributed by atoms with E-state index in [1.165, 1.54) is 0 Å². The van der Waals surface area contributed by atoms with Crippen molar-refractivity contribution >= 4 is 11.2 Å². The number of nitrogens with one attached hydrogen (secondary N) is 1. The van der Waals surface area contributed by atoms with Gasteiger partial charge in [0.1, 0.15) is 5.82 Å². The number of nitrogens with zero attached hydrogens (tertiary/aromatic N) is 5. The smallest absolute Gasteiger partial charge is 0.279 e. The van der Waals surface area contributed by atoms with E-state index in [0.717, 1.165) is 12.0 Å². The van der Waals surface area contributed by atoms with E-state index in [0.29, 0.717) is 35.1 Å². The maximum atomic E-state index is 12.9. The second-order valence-electron chi connectivity index (χ2n) is 5.56. The number of aryl methyl sites for hydroxylation is 1. The number of aromatic nitrogens is 6. The van der Waals surface area contributed by atoms with E-state index in [4.69, 9.17) is 4.42 Å². The highest BCUT2D eigenvalue weighted by atomic mass is 16.3. The van der Waals surface area contributed by atoms with Crippen LogP contribution in [0.4, 0.5) is 0 Å². The summed E-state index contributed by atoms with van der Waals surface area (Å²) in [6.45, 7) is 2.57. The van der Waals surface area contributed by atoms with Gasteiger partial charge in [0.25, 0.3) is 5.56 Å². The van der Waals surface area contributed by atoms with Crippen LogP contribution in [0.2, 0.25) is 0 Å². The SMILES string of the molecule is CCCn1c(-c2ccco2)nc2nc(-c3cnn(C)c3)[nH]c2c1=O. The molecule has 0 aliphatic carbocycles. The number of hydrogen-bond donors (Lipinski definition) is 1. The third-order valence-electron chi connectivity index (χ3n) is 3.78. The average Bonchev–Trinajstić information content (AvgIpc) is 3.29. The topological polar surface area (TPSA) is 94.5 Å². The predicted octanol–water partition coefficient (Wildman–Crippen LogP) is 2.19. The molecule has 4 rings (SSSR count). The maximum Gasteiger partial charge on any atom is 0.279 e. The van der Waals surface area contributed by atoms with Gasteiger partial charge in [0.15, 0.2) is 22.7 Å². The molecular formula is C16H16N6O2. The lowest BCUT2D eigenvalue weighted by atomic mass is 10.3. The number of H-pyrrole nitrogens is 1. The standard InChI is InChI=1S/C16H16N6O2/c1-3-6-22-15(11-5-4-7-24-11)20-14-12(16(22)23)18-13(19-14)10-8-17-21(2)9-10/h4-5,7-9H,3,6H2,1-2H3,(H,18,19). The minimum Gasteiger partial charge on any atom is -0.461 e. The molecule has 0 spiro atoms. The van der Waals surface area contributed by atoms with Crippen molar-refractivity contribution in [3.63, 3.8) is 0 Å². The zero-order valence-corrected chi connectivity index (χ0v) is 13.4. The van der Waals surface area contributed by atoms with E-state index >= 15 is 0 Å². The molecule has 0 aliphatic rings. The summed E-state index contributed by atoms with van der Waals surface area (Å²) in [7, 11) is 1.83. The number of aromatic amines is 1. The van der Waals surface area contributed by atoms with Crippen LogP contribution in [0.5, 0.6) is 0 Å². The van der Waals surface area contributed by atoms with Crippen LogP contribution in [0.15, 0.2) is 40.0 Å². The molecule has 4 aromatic rings. The highest BCUT2D eigenvalue weighted by molar-refractivity contribution is 5.76. The predicted molar refractivity (Wildman–Crippen MR) is 88.3 cm³/mol. The maximum absolute atomic E-state index is 12.9. The molecule has 122 valence electrons. The van der Waals surface area contributed by atoms with Crippen LogP contribution in [0.3, 0.4) is 0 Å². The molecule has 24 heavy (non-hydrogen) atoms. The first-order valence-corrected chi connectivity index (χ1v) is 7.71. The van der Waals surface area contributed by atoms with Crippen LogP contribution >= 0.6 is 0 Å². The normalized spacial score (nSPS) is 11.4. The van der Waals surface area contributed by atoms with Crippen molar-refractivity contribution in [2.45, 2.75) is 19.9 Å². The Bertz CT molecular complexity index is 1050. The number of fused-ring (bicyclic) bond motifs is 1. The van der Waals surface area contributed by atoms with Gasteiger partial charge in [-0.3, -0.25) is 14.0 Å². The summed E-state index contributed by atoms with van der Waals surface area (Å²) in [6.07, 6.45) is 5.89. The van der Waals surface area contributed by atoms with Gasteiger partial charge in [-0.15, -0.1) is 0 Å². The highest BCUT2D eigenvalue weighted by Gasteiger charge is 2.18. The molecular weight excluding hydrogens is 308 g/mol.